The van der Waals surface area contributed by atoms with Gasteiger partial charge in [-0.15, -0.1) is 0 Å². The smallest absolute Gasteiger partial charge is 0.0233 e. The minimum atomic E-state index is 1.06. The fourth-order valence-electron chi connectivity index (χ4n) is 1.57. The quantitative estimate of drug-likeness (QED) is 0.567. The van der Waals surface area contributed by atoms with Crippen LogP contribution in [0, 0.1) is 6.08 Å². The van der Waals surface area contributed by atoms with Gasteiger partial charge < -0.3 is 0 Å². The van der Waals surface area contributed by atoms with Crippen LogP contribution in [0.2, 0.25) is 0 Å². The first-order chi connectivity index (χ1) is 5.93. The molecule has 0 bridgehead atoms. The lowest BCUT2D eigenvalue weighted by atomic mass is 10.2. The van der Waals surface area contributed by atoms with Crippen LogP contribution < -0.4 is 0 Å². The Morgan fingerprint density at radius 3 is 2.92 bits per heavy atom. The Labute approximate surface area is 76.5 Å². The summed E-state index contributed by atoms with van der Waals surface area (Å²) in [6.45, 7) is 5.85. The van der Waals surface area contributed by atoms with E-state index in [2.05, 4.69) is 24.0 Å². The summed E-state index contributed by atoms with van der Waals surface area (Å²) in [4.78, 5) is 2.50. The Hall–Kier alpha value is -0.300. The van der Waals surface area contributed by atoms with E-state index in [-0.39, 0.29) is 0 Å². The molecule has 0 aromatic heterocycles. The third-order valence-corrected chi connectivity index (χ3v) is 2.38. The number of rotatable bonds is 5. The highest BCUT2D eigenvalue weighted by Gasteiger charge is 2.04. The number of hydrogen-bond donors (Lipinski definition) is 0. The van der Waals surface area contributed by atoms with Crippen LogP contribution in [0.5, 0.6) is 0 Å². The molecule has 1 aliphatic heterocycles. The van der Waals surface area contributed by atoms with Gasteiger partial charge in [0.1, 0.15) is 0 Å². The Morgan fingerprint density at radius 1 is 1.33 bits per heavy atom. The second-order valence-electron chi connectivity index (χ2n) is 3.53. The molecule has 1 aliphatic rings. The molecule has 0 aromatic rings. The van der Waals surface area contributed by atoms with Gasteiger partial charge in [-0.2, -0.15) is 0 Å². The van der Waals surface area contributed by atoms with Gasteiger partial charge in [0, 0.05) is 13.1 Å². The molecule has 0 fully saturated rings. The summed E-state index contributed by atoms with van der Waals surface area (Å²) >= 11 is 0. The number of nitrogens with zero attached hydrogens (tertiary/aromatic N) is 1. The minimum absolute atomic E-state index is 1.06. The first kappa shape index (κ1) is 9.79. The molecule has 0 saturated heterocycles. The van der Waals surface area contributed by atoms with E-state index in [0.717, 1.165) is 6.54 Å². The fraction of sp³-hybridized carbons (Fsp3) is 0.818. The Kier molecular flexibility index (Phi) is 5.09. The van der Waals surface area contributed by atoms with Crippen LogP contribution in [0.15, 0.2) is 6.08 Å². The molecule has 0 aromatic carbocycles. The predicted octanol–water partition coefficient (Wildman–Crippen LogP) is 2.63. The highest BCUT2D eigenvalue weighted by atomic mass is 15.1. The molecule has 0 aliphatic carbocycles. The van der Waals surface area contributed by atoms with E-state index in [1.54, 1.807) is 0 Å². The third-order valence-electron chi connectivity index (χ3n) is 2.38. The highest BCUT2D eigenvalue weighted by molar-refractivity contribution is 4.83. The molecule has 1 rings (SSSR count). The highest BCUT2D eigenvalue weighted by Crippen LogP contribution is 2.04. The normalized spacial score (nSPS) is 18.4. The number of hydrogen-bond acceptors (Lipinski definition) is 1. The average molecular weight is 166 g/mol. The summed E-state index contributed by atoms with van der Waals surface area (Å²) in [5, 5.41) is 0. The topological polar surface area (TPSA) is 3.24 Å². The van der Waals surface area contributed by atoms with Crippen molar-refractivity contribution in [3.8, 4) is 0 Å². The van der Waals surface area contributed by atoms with Crippen molar-refractivity contribution >= 4 is 0 Å². The van der Waals surface area contributed by atoms with Crippen LogP contribution in [0.3, 0.4) is 0 Å². The van der Waals surface area contributed by atoms with Crippen LogP contribution >= 0.6 is 0 Å². The van der Waals surface area contributed by atoms with E-state index < -0.39 is 0 Å². The molecule has 69 valence electrons. The van der Waals surface area contributed by atoms with Gasteiger partial charge in [-0.25, -0.2) is 0 Å². The first-order valence-electron chi connectivity index (χ1n) is 5.21. The zero-order chi connectivity index (χ0) is 8.65. The molecule has 0 N–H and O–H groups in total. The maximum absolute atomic E-state index is 3.28. The molecule has 1 radical (unpaired) electrons. The lowest BCUT2D eigenvalue weighted by Gasteiger charge is -2.22. The van der Waals surface area contributed by atoms with Crippen molar-refractivity contribution in [2.45, 2.75) is 39.0 Å². The molecular weight excluding hydrogens is 146 g/mol. The van der Waals surface area contributed by atoms with E-state index >= 15 is 0 Å². The molecular formula is C11H20N. The summed E-state index contributed by atoms with van der Waals surface area (Å²) < 4.78 is 0. The Morgan fingerprint density at radius 2 is 2.25 bits per heavy atom. The minimum Gasteiger partial charge on any atom is -0.299 e. The van der Waals surface area contributed by atoms with Crippen molar-refractivity contribution in [1.29, 1.82) is 0 Å². The van der Waals surface area contributed by atoms with Crippen molar-refractivity contribution in [2.75, 3.05) is 19.6 Å². The summed E-state index contributed by atoms with van der Waals surface area (Å²) in [6.07, 6.45) is 12.2. The van der Waals surface area contributed by atoms with E-state index in [0.29, 0.717) is 0 Å². The maximum Gasteiger partial charge on any atom is 0.0233 e. The zero-order valence-corrected chi connectivity index (χ0v) is 8.18. The van der Waals surface area contributed by atoms with Crippen molar-refractivity contribution in [1.82, 2.24) is 4.90 Å². The van der Waals surface area contributed by atoms with Crippen LogP contribution in [0.1, 0.15) is 39.0 Å². The Balaban J connectivity index is 1.95. The Bertz CT molecular complexity index is 129. The van der Waals surface area contributed by atoms with Crippen LogP contribution in [-0.4, -0.2) is 24.5 Å². The molecule has 1 heteroatoms. The molecule has 0 spiro atoms. The van der Waals surface area contributed by atoms with Gasteiger partial charge >= 0.3 is 0 Å². The molecule has 0 amide bonds. The third kappa shape index (κ3) is 3.91. The molecule has 12 heavy (non-hydrogen) atoms. The lowest BCUT2D eigenvalue weighted by molar-refractivity contribution is 0.286. The van der Waals surface area contributed by atoms with Gasteiger partial charge in [-0.05, 0) is 25.5 Å². The van der Waals surface area contributed by atoms with Crippen LogP contribution in [0.4, 0.5) is 0 Å². The molecule has 1 nitrogen and oxygen atoms in total. The van der Waals surface area contributed by atoms with Gasteiger partial charge in [0.25, 0.3) is 0 Å². The van der Waals surface area contributed by atoms with Gasteiger partial charge in [-0.3, -0.25) is 4.90 Å². The summed E-state index contributed by atoms with van der Waals surface area (Å²) in [5.74, 6) is 0. The van der Waals surface area contributed by atoms with E-state index in [1.165, 1.54) is 45.2 Å². The summed E-state index contributed by atoms with van der Waals surface area (Å²) in [6, 6.07) is 0. The van der Waals surface area contributed by atoms with E-state index in [1.807, 2.05) is 0 Å². The van der Waals surface area contributed by atoms with Crippen LogP contribution in [0.25, 0.3) is 0 Å². The average Bonchev–Trinajstić information content (AvgIpc) is 2.14. The van der Waals surface area contributed by atoms with Crippen LogP contribution in [-0.2, 0) is 0 Å². The van der Waals surface area contributed by atoms with Crippen molar-refractivity contribution in [3.05, 3.63) is 12.2 Å². The van der Waals surface area contributed by atoms with Crippen molar-refractivity contribution in [2.24, 2.45) is 0 Å². The monoisotopic (exact) mass is 166 g/mol. The van der Waals surface area contributed by atoms with Gasteiger partial charge in [0.15, 0.2) is 0 Å². The second-order valence-corrected chi connectivity index (χ2v) is 3.53. The fourth-order valence-corrected chi connectivity index (χ4v) is 1.57. The van der Waals surface area contributed by atoms with E-state index in [4.69, 9.17) is 0 Å². The number of unbranched alkanes of at least 4 members (excludes halogenated alkanes) is 3. The van der Waals surface area contributed by atoms with Crippen molar-refractivity contribution in [3.63, 3.8) is 0 Å². The van der Waals surface area contributed by atoms with Gasteiger partial charge in [0.2, 0.25) is 0 Å². The predicted molar refractivity (Wildman–Crippen MR) is 53.0 cm³/mol. The van der Waals surface area contributed by atoms with Crippen molar-refractivity contribution < 1.29 is 0 Å². The molecule has 1 heterocycles. The standard InChI is InChI=1S/C11H20N/c1-2-3-4-6-9-12-10-7-5-8-11-12/h5H,2-4,6-7,9-11H2,1H3. The van der Waals surface area contributed by atoms with Gasteiger partial charge in [-0.1, -0.05) is 32.3 Å². The largest absolute Gasteiger partial charge is 0.299 e. The zero-order valence-electron chi connectivity index (χ0n) is 8.18. The van der Waals surface area contributed by atoms with Gasteiger partial charge in [0.05, 0.1) is 0 Å². The summed E-state index contributed by atoms with van der Waals surface area (Å²) in [7, 11) is 0. The maximum atomic E-state index is 3.28. The molecule has 0 saturated carbocycles. The second kappa shape index (κ2) is 6.24. The SMILES string of the molecule is CCCCCCN1C[C]=CCC1. The lowest BCUT2D eigenvalue weighted by Crippen LogP contribution is -2.28. The molecule has 0 unspecified atom stereocenters. The summed E-state index contributed by atoms with van der Waals surface area (Å²) in [5.41, 5.74) is 0. The van der Waals surface area contributed by atoms with E-state index in [9.17, 15) is 0 Å². The first-order valence-corrected chi connectivity index (χ1v) is 5.21. The molecule has 0 atom stereocenters.